The third-order valence-corrected chi connectivity index (χ3v) is 8.07. The summed E-state index contributed by atoms with van der Waals surface area (Å²) in [6.07, 6.45) is 25.5. The Bertz CT molecular complexity index is 600. The van der Waals surface area contributed by atoms with Crippen LogP contribution in [-0.2, 0) is 19.1 Å². The highest BCUT2D eigenvalue weighted by molar-refractivity contribution is 5.69. The van der Waals surface area contributed by atoms with Gasteiger partial charge in [0.25, 0.3) is 0 Å². The van der Waals surface area contributed by atoms with Crippen LogP contribution < -0.4 is 0 Å². The average Bonchev–Trinajstić information content (AvgIpc) is 3.05. The second-order valence-electron chi connectivity index (χ2n) is 12.7. The van der Waals surface area contributed by atoms with Crippen LogP contribution in [0.1, 0.15) is 209 Å². The lowest BCUT2D eigenvalue weighted by molar-refractivity contribution is -0.150. The Labute approximate surface area is 288 Å². The van der Waals surface area contributed by atoms with E-state index in [4.69, 9.17) is 9.47 Å². The number of rotatable bonds is 31. The van der Waals surface area contributed by atoms with Crippen LogP contribution in [0.3, 0.4) is 0 Å². The van der Waals surface area contributed by atoms with Gasteiger partial charge in [0.15, 0.2) is 0 Å². The molecule has 6 nitrogen and oxygen atoms in total. The Morgan fingerprint density at radius 2 is 0.913 bits per heavy atom. The molecule has 0 amide bonds. The molecule has 0 rings (SSSR count). The van der Waals surface area contributed by atoms with Crippen LogP contribution in [0.2, 0.25) is 0 Å². The Morgan fingerprint density at radius 1 is 0.522 bits per heavy atom. The number of aliphatic hydroxyl groups excluding tert-OH is 1. The van der Waals surface area contributed by atoms with Gasteiger partial charge in [-0.25, -0.2) is 0 Å². The maximum atomic E-state index is 12.3. The summed E-state index contributed by atoms with van der Waals surface area (Å²) in [6.45, 7) is 19.9. The number of hydrogen-bond acceptors (Lipinski definition) is 6. The zero-order valence-corrected chi connectivity index (χ0v) is 32.5. The summed E-state index contributed by atoms with van der Waals surface area (Å²) in [5.74, 6) is -0.0416. The van der Waals surface area contributed by atoms with Gasteiger partial charge in [0, 0.05) is 19.4 Å². The largest absolute Gasteiger partial charge is 0.462 e. The van der Waals surface area contributed by atoms with E-state index in [1.807, 2.05) is 13.8 Å². The third-order valence-electron chi connectivity index (χ3n) is 8.07. The third kappa shape index (κ3) is 37.3. The van der Waals surface area contributed by atoms with Gasteiger partial charge < -0.3 is 19.5 Å². The normalized spacial score (nSPS) is 12.0. The van der Waals surface area contributed by atoms with E-state index >= 15 is 0 Å². The number of ether oxygens (including phenoxy) is 2. The first-order valence-corrected chi connectivity index (χ1v) is 20.1. The second-order valence-corrected chi connectivity index (χ2v) is 12.7. The molecule has 0 radical (unpaired) electrons. The van der Waals surface area contributed by atoms with Crippen molar-refractivity contribution in [1.29, 1.82) is 0 Å². The van der Waals surface area contributed by atoms with Crippen molar-refractivity contribution in [2.75, 3.05) is 26.2 Å². The van der Waals surface area contributed by atoms with Gasteiger partial charge in [-0.1, -0.05) is 139 Å². The molecule has 6 heteroatoms. The zero-order chi connectivity index (χ0) is 35.1. The molecule has 0 heterocycles. The quantitative estimate of drug-likeness (QED) is 0.0590. The van der Waals surface area contributed by atoms with Crippen molar-refractivity contribution in [3.05, 3.63) is 0 Å². The van der Waals surface area contributed by atoms with Gasteiger partial charge in [-0.2, -0.15) is 0 Å². The van der Waals surface area contributed by atoms with Gasteiger partial charge in [-0.15, -0.1) is 0 Å². The summed E-state index contributed by atoms with van der Waals surface area (Å²) in [4.78, 5) is 26.8. The van der Waals surface area contributed by atoms with E-state index < -0.39 is 0 Å². The van der Waals surface area contributed by atoms with E-state index in [0.29, 0.717) is 12.8 Å². The van der Waals surface area contributed by atoms with Crippen molar-refractivity contribution in [3.63, 3.8) is 0 Å². The Hall–Kier alpha value is -1.14. The van der Waals surface area contributed by atoms with Crippen LogP contribution in [0.4, 0.5) is 0 Å². The molecule has 0 bridgehead atoms. The van der Waals surface area contributed by atoms with E-state index in [0.717, 1.165) is 129 Å². The fourth-order valence-electron chi connectivity index (χ4n) is 5.33. The number of nitrogens with zero attached hydrogens (tertiary/aromatic N) is 1. The molecule has 0 aliphatic rings. The molecule has 2 unspecified atom stereocenters. The molecular weight excluding hydrogens is 574 g/mol. The van der Waals surface area contributed by atoms with Gasteiger partial charge in [0.05, 0.1) is 6.61 Å². The van der Waals surface area contributed by atoms with Crippen molar-refractivity contribution in [2.45, 2.75) is 222 Å². The van der Waals surface area contributed by atoms with Crippen LogP contribution in [0, 0.1) is 0 Å². The number of carbonyl (C=O) groups excluding carboxylic acids is 2. The van der Waals surface area contributed by atoms with Gasteiger partial charge in [0.1, 0.15) is 12.2 Å². The van der Waals surface area contributed by atoms with Crippen molar-refractivity contribution in [3.8, 4) is 0 Å². The summed E-state index contributed by atoms with van der Waals surface area (Å²) in [7, 11) is 0. The van der Waals surface area contributed by atoms with Crippen LogP contribution >= 0.6 is 0 Å². The predicted octanol–water partition coefficient (Wildman–Crippen LogP) is 11.6. The molecule has 0 aliphatic heterocycles. The Morgan fingerprint density at radius 3 is 1.35 bits per heavy atom. The molecule has 278 valence electrons. The van der Waals surface area contributed by atoms with Gasteiger partial charge in [-0.05, 0) is 70.9 Å². The molecule has 2 atom stereocenters. The minimum absolute atomic E-state index is 0.0100. The highest BCUT2D eigenvalue weighted by Gasteiger charge is 2.14. The van der Waals surface area contributed by atoms with Crippen LogP contribution in [0.15, 0.2) is 0 Å². The molecule has 46 heavy (non-hydrogen) atoms. The first-order valence-electron chi connectivity index (χ1n) is 20.1. The SMILES string of the molecule is CC.CCC.CCCCCC(CCCC)OC(=O)CCCCCCCN(CCO)CCCCCCCC(=O)OC(CC)CCCC. The van der Waals surface area contributed by atoms with Crippen molar-refractivity contribution >= 4 is 11.9 Å². The number of carbonyl (C=O) groups is 2. The number of unbranched alkanes of at least 4 members (excludes halogenated alkanes) is 12. The minimum atomic E-state index is -0.0316. The van der Waals surface area contributed by atoms with E-state index in [2.05, 4.69) is 46.4 Å². The monoisotopic (exact) mass is 658 g/mol. The fourth-order valence-corrected chi connectivity index (χ4v) is 5.33. The maximum Gasteiger partial charge on any atom is 0.306 e. The summed E-state index contributed by atoms with van der Waals surface area (Å²) in [6, 6.07) is 0. The predicted molar refractivity (Wildman–Crippen MR) is 199 cm³/mol. The molecule has 0 spiro atoms. The zero-order valence-electron chi connectivity index (χ0n) is 32.5. The van der Waals surface area contributed by atoms with Crippen LogP contribution in [0.25, 0.3) is 0 Å². The minimum Gasteiger partial charge on any atom is -0.462 e. The first-order chi connectivity index (χ1) is 22.4. The summed E-state index contributed by atoms with van der Waals surface area (Å²) in [5, 5.41) is 9.46. The second kappa shape index (κ2) is 41.9. The van der Waals surface area contributed by atoms with E-state index in [1.165, 1.54) is 32.1 Å². The molecular formula is C40H83NO5. The topological polar surface area (TPSA) is 76.1 Å². The van der Waals surface area contributed by atoms with E-state index in [1.54, 1.807) is 0 Å². The van der Waals surface area contributed by atoms with Crippen molar-refractivity contribution in [1.82, 2.24) is 4.90 Å². The fraction of sp³-hybridized carbons (Fsp3) is 0.950. The molecule has 0 fully saturated rings. The lowest BCUT2D eigenvalue weighted by Gasteiger charge is -2.21. The highest BCUT2D eigenvalue weighted by Crippen LogP contribution is 2.16. The number of hydrogen-bond donors (Lipinski definition) is 1. The number of esters is 2. The molecule has 0 aromatic rings. The smallest absolute Gasteiger partial charge is 0.306 e. The van der Waals surface area contributed by atoms with Crippen LogP contribution in [-0.4, -0.2) is 60.4 Å². The van der Waals surface area contributed by atoms with Crippen molar-refractivity contribution < 1.29 is 24.2 Å². The lowest BCUT2D eigenvalue weighted by Crippen LogP contribution is -2.29. The molecule has 0 aliphatic carbocycles. The van der Waals surface area contributed by atoms with Crippen molar-refractivity contribution in [2.24, 2.45) is 0 Å². The number of aliphatic hydroxyl groups is 1. The standard InChI is InChI=1S/C35H69NO5.C3H8.C2H6/c1-5-9-18-25-33(24-11-7-3)41-35(39)27-20-15-13-17-22-29-36(30-31-37)28-21-16-12-14-19-26-34(38)40-32(8-4)23-10-6-2;1-3-2;1-2/h32-33,37H,5-31H2,1-4H3;3H2,1-2H3;1-2H3. The molecule has 0 saturated carbocycles. The average molecular weight is 658 g/mol. The molecule has 0 aromatic heterocycles. The van der Waals surface area contributed by atoms with Gasteiger partial charge in [0.2, 0.25) is 0 Å². The molecule has 1 N–H and O–H groups in total. The van der Waals surface area contributed by atoms with E-state index in [9.17, 15) is 14.7 Å². The molecule has 0 aromatic carbocycles. The lowest BCUT2D eigenvalue weighted by atomic mass is 10.1. The van der Waals surface area contributed by atoms with E-state index in [-0.39, 0.29) is 30.8 Å². The highest BCUT2D eigenvalue weighted by atomic mass is 16.5. The Balaban J connectivity index is -0.00000347. The summed E-state index contributed by atoms with van der Waals surface area (Å²) in [5.41, 5.74) is 0. The molecule has 0 saturated heterocycles. The van der Waals surface area contributed by atoms with Gasteiger partial charge in [-0.3, -0.25) is 9.59 Å². The summed E-state index contributed by atoms with van der Waals surface area (Å²) < 4.78 is 11.4. The summed E-state index contributed by atoms with van der Waals surface area (Å²) >= 11 is 0. The van der Waals surface area contributed by atoms with Crippen LogP contribution in [0.5, 0.6) is 0 Å². The first kappa shape index (κ1) is 49.2. The van der Waals surface area contributed by atoms with Gasteiger partial charge >= 0.3 is 11.9 Å². The maximum absolute atomic E-state index is 12.3. The Kier molecular flexibility index (Phi) is 44.8.